The van der Waals surface area contributed by atoms with E-state index in [-0.39, 0.29) is 0 Å². The lowest BCUT2D eigenvalue weighted by atomic mass is 10.2. The van der Waals surface area contributed by atoms with E-state index in [1.54, 1.807) is 0 Å². The van der Waals surface area contributed by atoms with Crippen molar-refractivity contribution in [3.63, 3.8) is 0 Å². The van der Waals surface area contributed by atoms with Crippen molar-refractivity contribution in [3.05, 3.63) is 27.7 Å². The molecule has 0 aromatic carbocycles. The lowest BCUT2D eigenvalue weighted by molar-refractivity contribution is -0.390. The molecule has 14 heavy (non-hydrogen) atoms. The number of halogens is 3. The zero-order chi connectivity index (χ0) is 10.9. The molecule has 0 aliphatic heterocycles. The Morgan fingerprint density at radius 2 is 2.14 bits per heavy atom. The average molecular weight is 208 g/mol. The van der Waals surface area contributed by atoms with Crippen molar-refractivity contribution in [2.24, 2.45) is 0 Å². The summed E-state index contributed by atoms with van der Waals surface area (Å²) in [5.41, 5.74) is -1.17. The molecule has 0 radical (unpaired) electrons. The van der Waals surface area contributed by atoms with Gasteiger partial charge in [-0.3, -0.25) is 0 Å². The topological polar surface area (TPSA) is 76.3 Å². The summed E-state index contributed by atoms with van der Waals surface area (Å²) in [7, 11) is 0. The third-order valence-electron chi connectivity index (χ3n) is 1.41. The van der Waals surface area contributed by atoms with E-state index in [1.807, 2.05) is 0 Å². The van der Waals surface area contributed by atoms with E-state index < -0.39 is 34.3 Å². The molecule has 0 spiro atoms. The second kappa shape index (κ2) is 3.48. The molecule has 1 N–H and O–H groups in total. The third kappa shape index (κ3) is 1.58. The zero-order valence-corrected chi connectivity index (χ0v) is 6.45. The molecule has 5 nitrogen and oxygen atoms in total. The maximum absolute atomic E-state index is 12.8. The van der Waals surface area contributed by atoms with Crippen molar-refractivity contribution in [1.29, 1.82) is 0 Å². The van der Waals surface area contributed by atoms with Gasteiger partial charge in [0.05, 0.1) is 0 Å². The Labute approximate surface area is 75.0 Å². The highest BCUT2D eigenvalue weighted by atomic mass is 19.3. The number of nitrogens with zero attached hydrogens (tertiary/aromatic N) is 2. The highest BCUT2D eigenvalue weighted by molar-refractivity contribution is 5.42. The van der Waals surface area contributed by atoms with Gasteiger partial charge in [0.1, 0.15) is 5.56 Å². The number of hydrogen-bond acceptors (Lipinski definition) is 4. The van der Waals surface area contributed by atoms with E-state index in [0.29, 0.717) is 6.20 Å². The van der Waals surface area contributed by atoms with Crippen LogP contribution in [0.3, 0.4) is 0 Å². The van der Waals surface area contributed by atoms with Crippen LogP contribution in [0.2, 0.25) is 0 Å². The number of aromatic hydroxyl groups is 1. The predicted octanol–water partition coefficient (Wildman–Crippen LogP) is 1.77. The van der Waals surface area contributed by atoms with Gasteiger partial charge in [0, 0.05) is 0 Å². The van der Waals surface area contributed by atoms with Crippen molar-refractivity contribution >= 4 is 5.82 Å². The standard InChI is InChI=1S/C6H3F3N2O3/c7-3-2(5(8)9)1-10-6(4(3)12)11(13)14/h1,5,12H. The lowest BCUT2D eigenvalue weighted by Crippen LogP contribution is -1.99. The van der Waals surface area contributed by atoms with Gasteiger partial charge >= 0.3 is 5.82 Å². The first-order valence-electron chi connectivity index (χ1n) is 3.25. The minimum Gasteiger partial charge on any atom is -0.499 e. The van der Waals surface area contributed by atoms with E-state index >= 15 is 0 Å². The van der Waals surface area contributed by atoms with Gasteiger partial charge in [-0.1, -0.05) is 0 Å². The quantitative estimate of drug-likeness (QED) is 0.593. The summed E-state index contributed by atoms with van der Waals surface area (Å²) in [5.74, 6) is -4.39. The van der Waals surface area contributed by atoms with Crippen molar-refractivity contribution in [3.8, 4) is 5.75 Å². The number of aromatic nitrogens is 1. The molecule has 1 heterocycles. The normalized spacial score (nSPS) is 10.6. The van der Waals surface area contributed by atoms with Crippen LogP contribution in [0.4, 0.5) is 19.0 Å². The molecule has 0 atom stereocenters. The van der Waals surface area contributed by atoms with Crippen LogP contribution in [0.5, 0.6) is 5.75 Å². The largest absolute Gasteiger partial charge is 0.499 e. The molecule has 8 heteroatoms. The lowest BCUT2D eigenvalue weighted by Gasteiger charge is -2.01. The molecule has 0 aliphatic carbocycles. The van der Waals surface area contributed by atoms with E-state index in [0.717, 1.165) is 0 Å². The molecule has 0 saturated carbocycles. The molecule has 0 bridgehead atoms. The van der Waals surface area contributed by atoms with E-state index in [2.05, 4.69) is 4.98 Å². The summed E-state index contributed by atoms with van der Waals surface area (Å²) in [5, 5.41) is 18.9. The van der Waals surface area contributed by atoms with Gasteiger partial charge in [-0.2, -0.15) is 0 Å². The summed E-state index contributed by atoms with van der Waals surface area (Å²) >= 11 is 0. The maximum atomic E-state index is 12.8. The predicted molar refractivity (Wildman–Crippen MR) is 37.5 cm³/mol. The molecule has 0 saturated heterocycles. The number of pyridine rings is 1. The molecular weight excluding hydrogens is 205 g/mol. The van der Waals surface area contributed by atoms with Gasteiger partial charge in [-0.15, -0.1) is 0 Å². The van der Waals surface area contributed by atoms with Crippen LogP contribution in [0.1, 0.15) is 12.0 Å². The molecule has 0 fully saturated rings. The SMILES string of the molecule is O=[N+]([O-])c1ncc(C(F)F)c(F)c1O. The highest BCUT2D eigenvalue weighted by Gasteiger charge is 2.26. The van der Waals surface area contributed by atoms with E-state index in [1.165, 1.54) is 0 Å². The Balaban J connectivity index is 3.33. The monoisotopic (exact) mass is 208 g/mol. The Hall–Kier alpha value is -1.86. The fourth-order valence-corrected chi connectivity index (χ4v) is 0.769. The number of rotatable bonds is 2. The molecule has 0 amide bonds. The van der Waals surface area contributed by atoms with E-state index in [9.17, 15) is 23.3 Å². The number of hydrogen-bond donors (Lipinski definition) is 1. The minimum absolute atomic E-state index is 0.317. The minimum atomic E-state index is -3.19. The van der Waals surface area contributed by atoms with Gasteiger partial charge in [0.2, 0.25) is 0 Å². The Kier molecular flexibility index (Phi) is 2.54. The molecule has 1 rings (SSSR count). The first-order chi connectivity index (χ1) is 6.45. The van der Waals surface area contributed by atoms with Gasteiger partial charge in [-0.25, -0.2) is 13.2 Å². The number of alkyl halides is 2. The molecule has 0 aliphatic rings. The fourth-order valence-electron chi connectivity index (χ4n) is 0.769. The van der Waals surface area contributed by atoms with Crippen molar-refractivity contribution in [2.75, 3.05) is 0 Å². The van der Waals surface area contributed by atoms with Crippen LogP contribution >= 0.6 is 0 Å². The third-order valence-corrected chi connectivity index (χ3v) is 1.41. The summed E-state index contributed by atoms with van der Waals surface area (Å²) < 4.78 is 36.8. The summed E-state index contributed by atoms with van der Waals surface area (Å²) in [6, 6.07) is 0. The van der Waals surface area contributed by atoms with Crippen molar-refractivity contribution in [1.82, 2.24) is 4.98 Å². The van der Waals surface area contributed by atoms with E-state index in [4.69, 9.17) is 5.11 Å². The van der Waals surface area contributed by atoms with Crippen molar-refractivity contribution in [2.45, 2.75) is 6.43 Å². The van der Waals surface area contributed by atoms with Gasteiger partial charge < -0.3 is 15.2 Å². The second-order valence-corrected chi connectivity index (χ2v) is 2.26. The summed E-state index contributed by atoms with van der Waals surface area (Å²) in [6.45, 7) is 0. The van der Waals surface area contributed by atoms with Crippen LogP contribution in [-0.2, 0) is 0 Å². The van der Waals surface area contributed by atoms with Crippen LogP contribution in [0.25, 0.3) is 0 Å². The molecule has 0 unspecified atom stereocenters. The first-order valence-corrected chi connectivity index (χ1v) is 3.25. The zero-order valence-electron chi connectivity index (χ0n) is 6.45. The highest BCUT2D eigenvalue weighted by Crippen LogP contribution is 2.32. The van der Waals surface area contributed by atoms with Crippen molar-refractivity contribution < 1.29 is 23.2 Å². The van der Waals surface area contributed by atoms with Gasteiger partial charge in [0.15, 0.2) is 12.0 Å². The Morgan fingerprint density at radius 1 is 1.57 bits per heavy atom. The summed E-state index contributed by atoms with van der Waals surface area (Å²) in [4.78, 5) is 11.8. The van der Waals surface area contributed by atoms with Crippen LogP contribution in [0, 0.1) is 15.9 Å². The molecular formula is C6H3F3N2O3. The first kappa shape index (κ1) is 10.2. The molecule has 1 aromatic rings. The van der Waals surface area contributed by atoms with Gasteiger partial charge in [-0.05, 0) is 9.91 Å². The average Bonchev–Trinajstić information content (AvgIpc) is 2.08. The fraction of sp³-hybridized carbons (Fsp3) is 0.167. The van der Waals surface area contributed by atoms with Gasteiger partial charge in [0.25, 0.3) is 12.2 Å². The van der Waals surface area contributed by atoms with Crippen LogP contribution in [0.15, 0.2) is 6.20 Å². The molecule has 76 valence electrons. The number of nitro groups is 1. The Morgan fingerprint density at radius 3 is 2.57 bits per heavy atom. The summed E-state index contributed by atoms with van der Waals surface area (Å²) in [6.07, 6.45) is -2.87. The smallest absolute Gasteiger partial charge is 0.409 e. The van der Waals surface area contributed by atoms with Crippen LogP contribution in [-0.4, -0.2) is 15.0 Å². The second-order valence-electron chi connectivity index (χ2n) is 2.26. The Bertz CT molecular complexity index is 383. The van der Waals surface area contributed by atoms with Crippen LogP contribution < -0.4 is 0 Å². The molecule has 1 aromatic heterocycles. The maximum Gasteiger partial charge on any atom is 0.409 e.